The third-order valence-electron chi connectivity index (χ3n) is 7.13. The molecule has 14 heteroatoms. The molecule has 2 atom stereocenters. The molecule has 1 aromatic heterocycles. The summed E-state index contributed by atoms with van der Waals surface area (Å²) in [6.07, 6.45) is -2.70. The molecular weight excluding hydrogens is 603 g/mol. The first-order valence-electron chi connectivity index (χ1n) is 13.7. The lowest BCUT2D eigenvalue weighted by Crippen LogP contribution is -2.56. The van der Waals surface area contributed by atoms with Gasteiger partial charge in [0.25, 0.3) is 5.91 Å². The van der Waals surface area contributed by atoms with Crippen molar-refractivity contribution in [3.8, 4) is 5.75 Å². The zero-order valence-electron chi connectivity index (χ0n) is 24.0. The van der Waals surface area contributed by atoms with Crippen molar-refractivity contribution >= 4 is 40.7 Å². The van der Waals surface area contributed by atoms with Crippen LogP contribution in [-0.2, 0) is 19.1 Å². The number of piperazine rings is 1. The van der Waals surface area contributed by atoms with Gasteiger partial charge >= 0.3 is 18.0 Å². The summed E-state index contributed by atoms with van der Waals surface area (Å²) in [5.41, 5.74) is 0.387. The molecule has 0 saturated carbocycles. The summed E-state index contributed by atoms with van der Waals surface area (Å²) < 4.78 is 25.1. The first-order chi connectivity index (χ1) is 21.0. The van der Waals surface area contributed by atoms with Crippen molar-refractivity contribution in [2.75, 3.05) is 33.3 Å². The molecule has 0 aliphatic carbocycles. The number of nitrogens with one attached hydrogen (secondary N) is 1. The van der Waals surface area contributed by atoms with Gasteiger partial charge in [-0.05, 0) is 31.0 Å². The van der Waals surface area contributed by atoms with Gasteiger partial charge < -0.3 is 34.8 Å². The van der Waals surface area contributed by atoms with E-state index in [1.165, 1.54) is 29.9 Å². The number of methoxy groups -OCH3 is 1. The fraction of sp³-hybridized carbons (Fsp3) is 0.375. The van der Waals surface area contributed by atoms with Gasteiger partial charge in [0, 0.05) is 49.6 Å². The Bertz CT molecular complexity index is 1580. The van der Waals surface area contributed by atoms with Gasteiger partial charge in [-0.2, -0.15) is 0 Å². The summed E-state index contributed by atoms with van der Waals surface area (Å²) in [6.45, 7) is 2.15. The molecule has 2 aromatic carbocycles. The summed E-state index contributed by atoms with van der Waals surface area (Å²) in [7, 11) is 1.25. The number of amides is 3. The van der Waals surface area contributed by atoms with E-state index in [1.54, 1.807) is 30.3 Å². The van der Waals surface area contributed by atoms with Gasteiger partial charge in [-0.25, -0.2) is 19.0 Å². The van der Waals surface area contributed by atoms with Crippen LogP contribution in [0.4, 0.5) is 9.18 Å². The number of aliphatic carboxylic acids is 2. The Balaban J connectivity index is 0.00000368. The Labute approximate surface area is 265 Å². The standard InChI is InChI=1S/C30H31FN4O9.2CH4/c1-17-14-22-19(15-20(17)31)24(44-26(29(40)41)18-6-4-3-5-7-18)16-23(32-22)27(38)33-21(8-9-25(36)37)28(39)34-10-12-35(13-11-34)30(42)43-2;;/h3-7,14-16,21,26H,8-13H2,1-2H3,(H,33,38)(H,36,37)(H,40,41);2*1H4/t21-,26?;;/m0../s1. The van der Waals surface area contributed by atoms with Crippen LogP contribution in [0.1, 0.15) is 55.4 Å². The molecule has 1 saturated heterocycles. The highest BCUT2D eigenvalue weighted by atomic mass is 19.1. The third-order valence-corrected chi connectivity index (χ3v) is 7.13. The van der Waals surface area contributed by atoms with Crippen molar-refractivity contribution in [3.05, 3.63) is 71.2 Å². The number of hydrogen-bond donors (Lipinski definition) is 3. The predicted octanol–water partition coefficient (Wildman–Crippen LogP) is 4.03. The number of carbonyl (C=O) groups excluding carboxylic acids is 3. The van der Waals surface area contributed by atoms with Crippen LogP contribution in [0.25, 0.3) is 10.9 Å². The second kappa shape index (κ2) is 16.2. The number of carboxylic acid groups (broad SMARTS) is 2. The first kappa shape index (κ1) is 36.9. The quantitative estimate of drug-likeness (QED) is 0.293. The van der Waals surface area contributed by atoms with E-state index in [0.29, 0.717) is 5.56 Å². The first-order valence-corrected chi connectivity index (χ1v) is 13.7. The summed E-state index contributed by atoms with van der Waals surface area (Å²) in [4.78, 5) is 69.3. The van der Waals surface area contributed by atoms with Crippen LogP contribution in [-0.4, -0.2) is 94.2 Å². The monoisotopic (exact) mass is 642 g/mol. The summed E-state index contributed by atoms with van der Waals surface area (Å²) >= 11 is 0. The van der Waals surface area contributed by atoms with Gasteiger partial charge in [0.2, 0.25) is 12.0 Å². The minimum atomic E-state index is -1.50. The molecule has 3 amide bonds. The number of aromatic nitrogens is 1. The number of nitrogens with zero attached hydrogens (tertiary/aromatic N) is 3. The zero-order valence-corrected chi connectivity index (χ0v) is 24.0. The molecule has 0 radical (unpaired) electrons. The lowest BCUT2D eigenvalue weighted by molar-refractivity contribution is -0.145. The van der Waals surface area contributed by atoms with Gasteiger partial charge in [-0.15, -0.1) is 0 Å². The Morgan fingerprint density at radius 1 is 0.978 bits per heavy atom. The lowest BCUT2D eigenvalue weighted by Gasteiger charge is -2.35. The number of aryl methyl sites for hydroxylation is 1. The maximum atomic E-state index is 14.6. The Morgan fingerprint density at radius 3 is 2.20 bits per heavy atom. The van der Waals surface area contributed by atoms with E-state index in [4.69, 9.17) is 9.47 Å². The number of carbonyl (C=O) groups is 5. The van der Waals surface area contributed by atoms with Crippen LogP contribution in [0.5, 0.6) is 5.75 Å². The molecule has 3 N–H and O–H groups in total. The molecule has 4 rings (SSSR count). The molecule has 1 aliphatic heterocycles. The maximum absolute atomic E-state index is 14.6. The van der Waals surface area contributed by atoms with Crippen LogP contribution < -0.4 is 10.1 Å². The molecule has 46 heavy (non-hydrogen) atoms. The predicted molar refractivity (Wildman–Crippen MR) is 166 cm³/mol. The molecular formula is C32H39FN4O9. The van der Waals surface area contributed by atoms with Crippen molar-refractivity contribution in [3.63, 3.8) is 0 Å². The highest BCUT2D eigenvalue weighted by molar-refractivity contribution is 5.99. The second-order valence-corrected chi connectivity index (χ2v) is 10.1. The minimum Gasteiger partial charge on any atom is -0.481 e. The molecule has 1 aliphatic rings. The van der Waals surface area contributed by atoms with Crippen molar-refractivity contribution < 1.29 is 48.0 Å². The summed E-state index contributed by atoms with van der Waals surface area (Å²) in [5.74, 6) is -4.64. The Kier molecular flexibility index (Phi) is 13.0. The van der Waals surface area contributed by atoms with Crippen LogP contribution in [0.15, 0.2) is 48.5 Å². The van der Waals surface area contributed by atoms with E-state index in [2.05, 4.69) is 10.3 Å². The fourth-order valence-electron chi connectivity index (χ4n) is 4.77. The highest BCUT2D eigenvalue weighted by Gasteiger charge is 2.32. The molecule has 0 spiro atoms. The topological polar surface area (TPSA) is 176 Å². The van der Waals surface area contributed by atoms with Crippen molar-refractivity contribution in [1.82, 2.24) is 20.1 Å². The molecule has 3 aromatic rings. The molecule has 2 heterocycles. The second-order valence-electron chi connectivity index (χ2n) is 10.1. The van der Waals surface area contributed by atoms with Gasteiger partial charge in [-0.1, -0.05) is 45.2 Å². The lowest BCUT2D eigenvalue weighted by atomic mass is 10.1. The van der Waals surface area contributed by atoms with E-state index in [0.717, 1.165) is 12.1 Å². The number of benzene rings is 2. The van der Waals surface area contributed by atoms with E-state index >= 15 is 0 Å². The van der Waals surface area contributed by atoms with E-state index < -0.39 is 54.2 Å². The van der Waals surface area contributed by atoms with Crippen LogP contribution in [0.3, 0.4) is 0 Å². The van der Waals surface area contributed by atoms with Gasteiger partial charge in [0.15, 0.2) is 0 Å². The average Bonchev–Trinajstić information content (AvgIpc) is 3.01. The van der Waals surface area contributed by atoms with Crippen molar-refractivity contribution in [2.45, 2.75) is 46.8 Å². The number of fused-ring (bicyclic) bond motifs is 1. The Morgan fingerprint density at radius 2 is 1.61 bits per heavy atom. The summed E-state index contributed by atoms with van der Waals surface area (Å²) in [5, 5.41) is 21.8. The van der Waals surface area contributed by atoms with Crippen LogP contribution >= 0.6 is 0 Å². The number of halogens is 1. The Hall–Kier alpha value is -5.27. The number of hydrogen-bond acceptors (Lipinski definition) is 8. The molecule has 248 valence electrons. The van der Waals surface area contributed by atoms with Crippen LogP contribution in [0, 0.1) is 12.7 Å². The third kappa shape index (κ3) is 8.67. The van der Waals surface area contributed by atoms with Crippen molar-refractivity contribution in [2.24, 2.45) is 0 Å². The average molecular weight is 643 g/mol. The number of rotatable bonds is 10. The fourth-order valence-corrected chi connectivity index (χ4v) is 4.77. The molecule has 13 nitrogen and oxygen atoms in total. The molecule has 1 fully saturated rings. The highest BCUT2D eigenvalue weighted by Crippen LogP contribution is 2.32. The molecule has 1 unspecified atom stereocenters. The normalized spacial score (nSPS) is 13.8. The van der Waals surface area contributed by atoms with Gasteiger partial charge in [0.1, 0.15) is 23.3 Å². The number of pyridine rings is 1. The van der Waals surface area contributed by atoms with Crippen molar-refractivity contribution in [1.29, 1.82) is 0 Å². The molecule has 0 bridgehead atoms. The maximum Gasteiger partial charge on any atom is 0.409 e. The van der Waals surface area contributed by atoms with Gasteiger partial charge in [-0.3, -0.25) is 14.4 Å². The smallest absolute Gasteiger partial charge is 0.409 e. The number of carboxylic acids is 2. The van der Waals surface area contributed by atoms with Crippen LogP contribution in [0.2, 0.25) is 0 Å². The van der Waals surface area contributed by atoms with E-state index in [9.17, 15) is 38.6 Å². The van der Waals surface area contributed by atoms with E-state index in [-0.39, 0.29) is 75.4 Å². The number of ether oxygens (including phenoxy) is 2. The zero-order chi connectivity index (χ0) is 32.0. The van der Waals surface area contributed by atoms with Gasteiger partial charge in [0.05, 0.1) is 12.6 Å². The minimum absolute atomic E-state index is 0. The SMILES string of the molecule is C.C.COC(=O)N1CCN(C(=O)[C@H](CCC(=O)O)NC(=O)c2cc(OC(C(=O)O)c3ccccc3)c3cc(F)c(C)cc3n2)CC1. The largest absolute Gasteiger partial charge is 0.481 e. The van der Waals surface area contributed by atoms with E-state index in [1.807, 2.05) is 0 Å². The summed E-state index contributed by atoms with van der Waals surface area (Å²) in [6, 6.07) is 10.5.